The van der Waals surface area contributed by atoms with Gasteiger partial charge >= 0.3 is 5.97 Å². The Kier molecular flexibility index (Phi) is 3.65. The summed E-state index contributed by atoms with van der Waals surface area (Å²) in [4.78, 5) is 11.2. The van der Waals surface area contributed by atoms with Crippen molar-refractivity contribution >= 4 is 28.6 Å². The van der Waals surface area contributed by atoms with Crippen molar-refractivity contribution in [3.05, 3.63) is 33.1 Å². The zero-order valence-corrected chi connectivity index (χ0v) is 9.17. The third-order valence-electron chi connectivity index (χ3n) is 1.44. The average molecular weight is 294 g/mol. The molecule has 0 N–H and O–H groups in total. The minimum absolute atomic E-state index is 0.0185. The van der Waals surface area contributed by atoms with Crippen molar-refractivity contribution in [3.8, 4) is 0 Å². The highest BCUT2D eigenvalue weighted by Gasteiger charge is 2.15. The second kappa shape index (κ2) is 4.55. The van der Waals surface area contributed by atoms with Crippen LogP contribution in [0, 0.1) is 9.39 Å². The van der Waals surface area contributed by atoms with E-state index in [1.54, 1.807) is 19.1 Å². The number of hydrogen-bond acceptors (Lipinski definition) is 2. The van der Waals surface area contributed by atoms with Crippen molar-refractivity contribution in [3.63, 3.8) is 0 Å². The van der Waals surface area contributed by atoms with Gasteiger partial charge in [0.15, 0.2) is 0 Å². The number of rotatable bonds is 2. The smallest absolute Gasteiger partial charge is 0.342 e. The SMILES string of the molecule is CCOC(=O)c1c(F)cccc1I. The first-order chi connectivity index (χ1) is 6.16. The Labute approximate surface area is 89.2 Å². The first-order valence-electron chi connectivity index (χ1n) is 3.78. The fourth-order valence-electron chi connectivity index (χ4n) is 0.896. The Hall–Kier alpha value is -0.650. The van der Waals surface area contributed by atoms with Crippen LogP contribution in [0.15, 0.2) is 18.2 Å². The fourth-order valence-corrected chi connectivity index (χ4v) is 1.58. The lowest BCUT2D eigenvalue weighted by Gasteiger charge is -2.04. The molecule has 0 aliphatic rings. The third kappa shape index (κ3) is 2.40. The Morgan fingerprint density at radius 3 is 2.85 bits per heavy atom. The summed E-state index contributed by atoms with van der Waals surface area (Å²) in [6.45, 7) is 1.94. The number of esters is 1. The zero-order valence-electron chi connectivity index (χ0n) is 7.01. The van der Waals surface area contributed by atoms with Crippen LogP contribution in [0.2, 0.25) is 0 Å². The maximum atomic E-state index is 13.1. The van der Waals surface area contributed by atoms with Crippen molar-refractivity contribution in [1.29, 1.82) is 0 Å². The van der Waals surface area contributed by atoms with Gasteiger partial charge in [-0.3, -0.25) is 0 Å². The largest absolute Gasteiger partial charge is 0.462 e. The summed E-state index contributed by atoms with van der Waals surface area (Å²) >= 11 is 1.90. The van der Waals surface area contributed by atoms with Crippen molar-refractivity contribution < 1.29 is 13.9 Å². The summed E-state index contributed by atoms with van der Waals surface area (Å²) in [6, 6.07) is 4.46. The maximum Gasteiger partial charge on any atom is 0.342 e. The summed E-state index contributed by atoms with van der Waals surface area (Å²) < 4.78 is 18.4. The van der Waals surface area contributed by atoms with Crippen molar-refractivity contribution in [2.45, 2.75) is 6.92 Å². The molecule has 0 radical (unpaired) electrons. The molecule has 13 heavy (non-hydrogen) atoms. The van der Waals surface area contributed by atoms with Gasteiger partial charge in [-0.15, -0.1) is 0 Å². The van der Waals surface area contributed by atoms with Crippen LogP contribution in [0.25, 0.3) is 0 Å². The molecule has 0 fully saturated rings. The van der Waals surface area contributed by atoms with Crippen molar-refractivity contribution in [2.24, 2.45) is 0 Å². The molecule has 2 nitrogen and oxygen atoms in total. The van der Waals surface area contributed by atoms with Gasteiger partial charge < -0.3 is 4.74 Å². The number of halogens is 2. The molecule has 0 aliphatic heterocycles. The van der Waals surface area contributed by atoms with Crippen LogP contribution >= 0.6 is 22.6 Å². The molecule has 0 saturated heterocycles. The molecule has 1 aromatic carbocycles. The van der Waals surface area contributed by atoms with Gasteiger partial charge in [-0.1, -0.05) is 6.07 Å². The van der Waals surface area contributed by atoms with Crippen molar-refractivity contribution in [2.75, 3.05) is 6.61 Å². The van der Waals surface area contributed by atoms with Gasteiger partial charge in [0.05, 0.1) is 6.61 Å². The number of hydrogen-bond donors (Lipinski definition) is 0. The molecule has 1 aromatic rings. The van der Waals surface area contributed by atoms with Crippen molar-refractivity contribution in [1.82, 2.24) is 0 Å². The Morgan fingerprint density at radius 2 is 2.31 bits per heavy atom. The summed E-state index contributed by atoms with van der Waals surface area (Å²) in [6.07, 6.45) is 0. The average Bonchev–Trinajstić information content (AvgIpc) is 2.04. The highest BCUT2D eigenvalue weighted by molar-refractivity contribution is 14.1. The summed E-state index contributed by atoms with van der Waals surface area (Å²) in [5.74, 6) is -1.14. The van der Waals surface area contributed by atoms with Crippen LogP contribution in [0.4, 0.5) is 4.39 Å². The number of ether oxygens (including phenoxy) is 1. The van der Waals surface area contributed by atoms with Crippen LogP contribution in [-0.2, 0) is 4.74 Å². The fraction of sp³-hybridized carbons (Fsp3) is 0.222. The van der Waals surface area contributed by atoms with Gasteiger partial charge in [0.25, 0.3) is 0 Å². The zero-order chi connectivity index (χ0) is 9.84. The van der Waals surface area contributed by atoms with E-state index in [9.17, 15) is 9.18 Å². The van der Waals surface area contributed by atoms with E-state index >= 15 is 0 Å². The molecule has 4 heteroatoms. The number of carbonyl (C=O) groups excluding carboxylic acids is 1. The lowest BCUT2D eigenvalue weighted by atomic mass is 10.2. The van der Waals surface area contributed by atoms with E-state index in [-0.39, 0.29) is 12.2 Å². The van der Waals surface area contributed by atoms with Gasteiger partial charge in [0.2, 0.25) is 0 Å². The summed E-state index contributed by atoms with van der Waals surface area (Å²) in [7, 11) is 0. The molecular formula is C9H8FIO2. The third-order valence-corrected chi connectivity index (χ3v) is 2.34. The Bertz CT molecular complexity index is 305. The van der Waals surface area contributed by atoms with Crippen LogP contribution in [-0.4, -0.2) is 12.6 Å². The lowest BCUT2D eigenvalue weighted by Crippen LogP contribution is -2.09. The predicted molar refractivity (Wildman–Crippen MR) is 55.1 cm³/mol. The highest BCUT2D eigenvalue weighted by atomic mass is 127. The quantitative estimate of drug-likeness (QED) is 0.619. The standard InChI is InChI=1S/C9H8FIO2/c1-2-13-9(12)8-6(10)4-3-5-7(8)11/h3-5H,2H2,1H3. The van der Waals surface area contributed by atoms with Crippen LogP contribution in [0.3, 0.4) is 0 Å². The van der Waals surface area contributed by atoms with Gasteiger partial charge in [-0.2, -0.15) is 0 Å². The molecule has 0 aliphatic carbocycles. The van der Waals surface area contributed by atoms with E-state index in [1.807, 2.05) is 22.6 Å². The molecule has 0 bridgehead atoms. The lowest BCUT2D eigenvalue weighted by molar-refractivity contribution is 0.0519. The normalized spacial score (nSPS) is 9.77. The van der Waals surface area contributed by atoms with E-state index < -0.39 is 11.8 Å². The Balaban J connectivity index is 3.05. The van der Waals surface area contributed by atoms with Gasteiger partial charge in [-0.25, -0.2) is 9.18 Å². The molecule has 70 valence electrons. The van der Waals surface area contributed by atoms with Gasteiger partial charge in [0, 0.05) is 3.57 Å². The van der Waals surface area contributed by atoms with Crippen LogP contribution in [0.1, 0.15) is 17.3 Å². The first-order valence-corrected chi connectivity index (χ1v) is 4.85. The maximum absolute atomic E-state index is 13.1. The van der Waals surface area contributed by atoms with Crippen LogP contribution < -0.4 is 0 Å². The minimum Gasteiger partial charge on any atom is -0.462 e. The number of carbonyl (C=O) groups is 1. The Morgan fingerprint density at radius 1 is 1.62 bits per heavy atom. The molecule has 1 rings (SSSR count). The molecule has 0 atom stereocenters. The monoisotopic (exact) mass is 294 g/mol. The second-order valence-corrected chi connectivity index (χ2v) is 3.48. The first kappa shape index (κ1) is 10.4. The number of benzene rings is 1. The molecule has 0 unspecified atom stereocenters. The van der Waals surface area contributed by atoms with E-state index in [0.29, 0.717) is 3.57 Å². The topological polar surface area (TPSA) is 26.3 Å². The minimum atomic E-state index is -0.606. The molecule has 0 saturated carbocycles. The molecular weight excluding hydrogens is 286 g/mol. The van der Waals surface area contributed by atoms with E-state index in [1.165, 1.54) is 6.07 Å². The van der Waals surface area contributed by atoms with Gasteiger partial charge in [0.1, 0.15) is 11.4 Å². The van der Waals surface area contributed by atoms with E-state index in [0.717, 1.165) is 0 Å². The molecule has 0 amide bonds. The second-order valence-electron chi connectivity index (χ2n) is 2.32. The molecule has 0 heterocycles. The van der Waals surface area contributed by atoms with Crippen LogP contribution in [0.5, 0.6) is 0 Å². The predicted octanol–water partition coefficient (Wildman–Crippen LogP) is 2.61. The molecule has 0 spiro atoms. The highest BCUT2D eigenvalue weighted by Crippen LogP contribution is 2.16. The molecule has 0 aromatic heterocycles. The summed E-state index contributed by atoms with van der Waals surface area (Å²) in [5.41, 5.74) is 0.0185. The van der Waals surface area contributed by atoms with E-state index in [4.69, 9.17) is 4.74 Å². The van der Waals surface area contributed by atoms with E-state index in [2.05, 4.69) is 0 Å². The van der Waals surface area contributed by atoms with Gasteiger partial charge in [-0.05, 0) is 41.6 Å². The summed E-state index contributed by atoms with van der Waals surface area (Å²) in [5, 5.41) is 0.